The summed E-state index contributed by atoms with van der Waals surface area (Å²) in [4.78, 5) is 14.5. The molecule has 3 heteroatoms. The molecule has 0 saturated carbocycles. The van der Waals surface area contributed by atoms with Gasteiger partial charge in [-0.2, -0.15) is 0 Å². The second-order valence-electron chi connectivity index (χ2n) is 4.83. The SMILES string of the molecule is CCC1CN(C)CC(c2ccc(F)cc2)C1=O. The Balaban J connectivity index is 2.24. The average Bonchev–Trinajstić information content (AvgIpc) is 2.33. The van der Waals surface area contributed by atoms with Crippen molar-refractivity contribution in [1.82, 2.24) is 4.90 Å². The van der Waals surface area contributed by atoms with Gasteiger partial charge in [-0.1, -0.05) is 19.1 Å². The van der Waals surface area contributed by atoms with Crippen molar-refractivity contribution in [3.63, 3.8) is 0 Å². The number of carbonyl (C=O) groups excluding carboxylic acids is 1. The predicted octanol–water partition coefficient (Wildman–Crippen LogP) is 2.45. The molecule has 1 saturated heterocycles. The summed E-state index contributed by atoms with van der Waals surface area (Å²) in [6, 6.07) is 6.31. The van der Waals surface area contributed by atoms with E-state index in [9.17, 15) is 9.18 Å². The monoisotopic (exact) mass is 235 g/mol. The van der Waals surface area contributed by atoms with Gasteiger partial charge in [-0.05, 0) is 31.2 Å². The van der Waals surface area contributed by atoms with Gasteiger partial charge in [0.15, 0.2) is 0 Å². The topological polar surface area (TPSA) is 20.3 Å². The summed E-state index contributed by atoms with van der Waals surface area (Å²) in [5.41, 5.74) is 0.932. The van der Waals surface area contributed by atoms with E-state index in [1.165, 1.54) is 12.1 Å². The van der Waals surface area contributed by atoms with Gasteiger partial charge in [-0.3, -0.25) is 4.79 Å². The third kappa shape index (κ3) is 2.55. The molecule has 1 aromatic rings. The largest absolute Gasteiger partial charge is 0.305 e. The maximum absolute atomic E-state index is 12.9. The van der Waals surface area contributed by atoms with E-state index in [2.05, 4.69) is 4.90 Å². The molecular weight excluding hydrogens is 217 g/mol. The van der Waals surface area contributed by atoms with Gasteiger partial charge in [0.05, 0.1) is 5.92 Å². The van der Waals surface area contributed by atoms with Crippen LogP contribution in [0.4, 0.5) is 4.39 Å². The molecule has 0 N–H and O–H groups in total. The minimum atomic E-state index is -0.252. The van der Waals surface area contributed by atoms with Crippen LogP contribution in [-0.2, 0) is 4.79 Å². The van der Waals surface area contributed by atoms with Crippen LogP contribution in [0.5, 0.6) is 0 Å². The van der Waals surface area contributed by atoms with Crippen molar-refractivity contribution in [3.8, 4) is 0 Å². The molecule has 92 valence electrons. The molecule has 0 spiro atoms. The number of Topliss-reactive ketones (excluding diaryl/α,β-unsaturated/α-hetero) is 1. The third-order valence-electron chi connectivity index (χ3n) is 3.54. The zero-order valence-electron chi connectivity index (χ0n) is 10.3. The fourth-order valence-corrected chi connectivity index (χ4v) is 2.52. The van der Waals surface area contributed by atoms with Crippen LogP contribution in [0.15, 0.2) is 24.3 Å². The number of likely N-dealkylation sites (N-methyl/N-ethyl adjacent to an activating group) is 1. The van der Waals surface area contributed by atoms with Crippen LogP contribution in [0.3, 0.4) is 0 Å². The van der Waals surface area contributed by atoms with Gasteiger partial charge in [-0.25, -0.2) is 4.39 Å². The molecule has 2 atom stereocenters. The van der Waals surface area contributed by atoms with E-state index in [0.29, 0.717) is 5.78 Å². The quantitative estimate of drug-likeness (QED) is 0.784. The highest BCUT2D eigenvalue weighted by atomic mass is 19.1. The molecule has 1 aromatic carbocycles. The van der Waals surface area contributed by atoms with Crippen LogP contribution in [0, 0.1) is 11.7 Å². The molecule has 0 aromatic heterocycles. The number of piperidine rings is 1. The summed E-state index contributed by atoms with van der Waals surface area (Å²) < 4.78 is 12.9. The summed E-state index contributed by atoms with van der Waals surface area (Å²) in [5.74, 6) is 0.0673. The predicted molar refractivity (Wildman–Crippen MR) is 65.4 cm³/mol. The molecule has 2 unspecified atom stereocenters. The standard InChI is InChI=1S/C14H18FNO/c1-3-10-8-16(2)9-13(14(10)17)11-4-6-12(15)7-5-11/h4-7,10,13H,3,8-9H2,1-2H3. The number of halogens is 1. The number of likely N-dealkylation sites (tertiary alicyclic amines) is 1. The van der Waals surface area contributed by atoms with Crippen molar-refractivity contribution >= 4 is 5.78 Å². The highest BCUT2D eigenvalue weighted by molar-refractivity contribution is 5.89. The van der Waals surface area contributed by atoms with Gasteiger partial charge in [0.25, 0.3) is 0 Å². The van der Waals surface area contributed by atoms with E-state index >= 15 is 0 Å². The van der Waals surface area contributed by atoms with Crippen molar-refractivity contribution in [2.45, 2.75) is 19.3 Å². The summed E-state index contributed by atoms with van der Waals surface area (Å²) in [6.07, 6.45) is 0.876. The van der Waals surface area contributed by atoms with Crippen LogP contribution < -0.4 is 0 Å². The van der Waals surface area contributed by atoms with Crippen molar-refractivity contribution in [1.29, 1.82) is 0 Å². The number of hydrogen-bond donors (Lipinski definition) is 0. The van der Waals surface area contributed by atoms with E-state index in [4.69, 9.17) is 0 Å². The Hall–Kier alpha value is -1.22. The fourth-order valence-electron chi connectivity index (χ4n) is 2.52. The minimum Gasteiger partial charge on any atom is -0.305 e. The lowest BCUT2D eigenvalue weighted by molar-refractivity contribution is -0.127. The highest BCUT2D eigenvalue weighted by Crippen LogP contribution is 2.28. The van der Waals surface area contributed by atoms with Gasteiger partial charge in [0, 0.05) is 19.0 Å². The van der Waals surface area contributed by atoms with Crippen molar-refractivity contribution in [2.24, 2.45) is 5.92 Å². The van der Waals surface area contributed by atoms with Gasteiger partial charge >= 0.3 is 0 Å². The normalized spacial score (nSPS) is 26.2. The van der Waals surface area contributed by atoms with Crippen LogP contribution in [0.1, 0.15) is 24.8 Å². The van der Waals surface area contributed by atoms with Crippen molar-refractivity contribution < 1.29 is 9.18 Å². The first-order chi connectivity index (χ1) is 8.11. The molecule has 0 amide bonds. The maximum Gasteiger partial charge on any atom is 0.145 e. The van der Waals surface area contributed by atoms with Gasteiger partial charge in [-0.15, -0.1) is 0 Å². The first-order valence-electron chi connectivity index (χ1n) is 6.09. The van der Waals surface area contributed by atoms with Crippen molar-refractivity contribution in [2.75, 3.05) is 20.1 Å². The third-order valence-corrected chi connectivity index (χ3v) is 3.54. The summed E-state index contributed by atoms with van der Waals surface area (Å²) in [5, 5.41) is 0. The Morgan fingerprint density at radius 1 is 1.29 bits per heavy atom. The zero-order chi connectivity index (χ0) is 12.4. The fraction of sp³-hybridized carbons (Fsp3) is 0.500. The lowest BCUT2D eigenvalue weighted by atomic mass is 9.82. The minimum absolute atomic E-state index is 0.0979. The molecule has 2 nitrogen and oxygen atoms in total. The van der Waals surface area contributed by atoms with E-state index in [1.807, 2.05) is 14.0 Å². The molecule has 0 bridgehead atoms. The van der Waals surface area contributed by atoms with Crippen LogP contribution in [0.2, 0.25) is 0 Å². The van der Waals surface area contributed by atoms with E-state index in [0.717, 1.165) is 25.1 Å². The second kappa shape index (κ2) is 4.96. The molecule has 17 heavy (non-hydrogen) atoms. The number of benzene rings is 1. The first-order valence-corrected chi connectivity index (χ1v) is 6.09. The Morgan fingerprint density at radius 3 is 2.53 bits per heavy atom. The average molecular weight is 235 g/mol. The number of rotatable bonds is 2. The van der Waals surface area contributed by atoms with Crippen molar-refractivity contribution in [3.05, 3.63) is 35.6 Å². The zero-order valence-corrected chi connectivity index (χ0v) is 10.3. The highest BCUT2D eigenvalue weighted by Gasteiger charge is 2.33. The Labute approximate surface area is 101 Å². The summed E-state index contributed by atoms with van der Waals surface area (Å²) in [7, 11) is 2.03. The van der Waals surface area contributed by atoms with E-state index in [1.54, 1.807) is 12.1 Å². The Kier molecular flexibility index (Phi) is 3.57. The van der Waals surface area contributed by atoms with E-state index in [-0.39, 0.29) is 17.7 Å². The van der Waals surface area contributed by atoms with Gasteiger partial charge in [0.2, 0.25) is 0 Å². The number of carbonyl (C=O) groups is 1. The van der Waals surface area contributed by atoms with Gasteiger partial charge < -0.3 is 4.90 Å². The van der Waals surface area contributed by atoms with Gasteiger partial charge in [0.1, 0.15) is 11.6 Å². The first kappa shape index (κ1) is 12.2. The molecule has 1 aliphatic heterocycles. The maximum atomic E-state index is 12.9. The van der Waals surface area contributed by atoms with Crippen LogP contribution >= 0.6 is 0 Å². The smallest absolute Gasteiger partial charge is 0.145 e. The number of ketones is 1. The second-order valence-corrected chi connectivity index (χ2v) is 4.83. The number of hydrogen-bond acceptors (Lipinski definition) is 2. The lowest BCUT2D eigenvalue weighted by Gasteiger charge is -2.34. The molecule has 2 rings (SSSR count). The van der Waals surface area contributed by atoms with E-state index < -0.39 is 0 Å². The molecule has 1 heterocycles. The Morgan fingerprint density at radius 2 is 1.94 bits per heavy atom. The molecule has 0 aliphatic carbocycles. The molecule has 1 aliphatic rings. The molecule has 1 fully saturated rings. The number of nitrogens with zero attached hydrogens (tertiary/aromatic N) is 1. The Bertz CT molecular complexity index is 401. The lowest BCUT2D eigenvalue weighted by Crippen LogP contribution is -2.43. The summed E-state index contributed by atoms with van der Waals surface area (Å²) >= 11 is 0. The van der Waals surface area contributed by atoms with Crippen LogP contribution in [-0.4, -0.2) is 30.8 Å². The molecular formula is C14H18FNO. The summed E-state index contributed by atoms with van der Waals surface area (Å²) in [6.45, 7) is 3.62. The molecule has 0 radical (unpaired) electrons. The van der Waals surface area contributed by atoms with Crippen LogP contribution in [0.25, 0.3) is 0 Å².